The maximum Gasteiger partial charge on any atom is 0.407 e. The van der Waals surface area contributed by atoms with Crippen LogP contribution < -0.4 is 26.0 Å². The number of methoxy groups -OCH3 is 1. The van der Waals surface area contributed by atoms with Crippen molar-refractivity contribution >= 4 is 29.5 Å². The normalized spacial score (nSPS) is 10.9. The van der Waals surface area contributed by atoms with E-state index in [1.54, 1.807) is 25.2 Å². The van der Waals surface area contributed by atoms with E-state index >= 15 is 0 Å². The van der Waals surface area contributed by atoms with E-state index < -0.39 is 11.7 Å². The van der Waals surface area contributed by atoms with Crippen LogP contribution in [-0.2, 0) is 4.74 Å². The highest BCUT2D eigenvalue weighted by Crippen LogP contribution is 2.21. The largest absolute Gasteiger partial charge is 0.481 e. The number of rotatable bonds is 11. The van der Waals surface area contributed by atoms with Gasteiger partial charge < -0.3 is 30.7 Å². The first-order valence-corrected chi connectivity index (χ1v) is 11.4. The number of hydrogen-bond acceptors (Lipinski definition) is 8. The standard InChI is InChI=1S/C24H36N6O4/c1-16-10-12-19(30-22(16)33-6)29-21(31)17-11-13-18(25-5)28-20(17)26-14-8-7-9-15-27-23(32)34-24(2,3)4/h10-13H,7-9,14-15H2,1-6H3,(H,27,32)(H2,25,26,28)(H,29,30,31). The first-order chi connectivity index (χ1) is 16.1. The van der Waals surface area contributed by atoms with Gasteiger partial charge in [-0.1, -0.05) is 6.07 Å². The summed E-state index contributed by atoms with van der Waals surface area (Å²) in [6, 6.07) is 7.02. The van der Waals surface area contributed by atoms with Crippen molar-refractivity contribution < 1.29 is 19.1 Å². The minimum absolute atomic E-state index is 0.322. The molecule has 0 aromatic carbocycles. The average molecular weight is 473 g/mol. The molecule has 0 saturated carbocycles. The molecule has 0 fully saturated rings. The van der Waals surface area contributed by atoms with Gasteiger partial charge in [-0.2, -0.15) is 4.98 Å². The quantitative estimate of drug-likeness (QED) is 0.359. The molecule has 10 heteroatoms. The van der Waals surface area contributed by atoms with Gasteiger partial charge in [-0.15, -0.1) is 0 Å². The summed E-state index contributed by atoms with van der Waals surface area (Å²) in [5.74, 6) is 1.67. The maximum absolute atomic E-state index is 12.9. The number of anilines is 3. The van der Waals surface area contributed by atoms with Crippen LogP contribution in [0, 0.1) is 6.92 Å². The molecule has 10 nitrogen and oxygen atoms in total. The molecule has 0 saturated heterocycles. The molecule has 2 amide bonds. The Bertz CT molecular complexity index is 974. The second kappa shape index (κ2) is 12.6. The first kappa shape index (κ1) is 26.7. The fourth-order valence-electron chi connectivity index (χ4n) is 3.02. The summed E-state index contributed by atoms with van der Waals surface area (Å²) >= 11 is 0. The van der Waals surface area contributed by atoms with Gasteiger partial charge in [0.1, 0.15) is 23.1 Å². The van der Waals surface area contributed by atoms with Gasteiger partial charge in [-0.3, -0.25) is 4.79 Å². The third-order valence-corrected chi connectivity index (χ3v) is 4.70. The van der Waals surface area contributed by atoms with E-state index in [0.717, 1.165) is 24.8 Å². The molecule has 0 unspecified atom stereocenters. The predicted octanol–water partition coefficient (Wildman–Crippen LogP) is 4.19. The van der Waals surface area contributed by atoms with E-state index in [4.69, 9.17) is 9.47 Å². The van der Waals surface area contributed by atoms with Crippen molar-refractivity contribution in [2.24, 2.45) is 0 Å². The van der Waals surface area contributed by atoms with Gasteiger partial charge >= 0.3 is 6.09 Å². The molecule has 2 rings (SSSR count). The lowest BCUT2D eigenvalue weighted by Gasteiger charge is -2.19. The summed E-state index contributed by atoms with van der Waals surface area (Å²) in [6.07, 6.45) is 2.15. The highest BCUT2D eigenvalue weighted by atomic mass is 16.6. The van der Waals surface area contributed by atoms with Gasteiger partial charge in [0.2, 0.25) is 5.88 Å². The lowest BCUT2D eigenvalue weighted by Crippen LogP contribution is -2.33. The fourth-order valence-corrected chi connectivity index (χ4v) is 3.02. The second-order valence-corrected chi connectivity index (χ2v) is 8.74. The molecule has 0 aliphatic rings. The van der Waals surface area contributed by atoms with Gasteiger partial charge in [-0.25, -0.2) is 9.78 Å². The van der Waals surface area contributed by atoms with E-state index in [0.29, 0.717) is 42.0 Å². The Kier molecular flexibility index (Phi) is 9.91. The van der Waals surface area contributed by atoms with Crippen molar-refractivity contribution in [3.63, 3.8) is 0 Å². The second-order valence-electron chi connectivity index (χ2n) is 8.74. The van der Waals surface area contributed by atoms with Crippen LogP contribution in [0.25, 0.3) is 0 Å². The predicted molar refractivity (Wildman–Crippen MR) is 134 cm³/mol. The topological polar surface area (TPSA) is 126 Å². The summed E-state index contributed by atoms with van der Waals surface area (Å²) in [5.41, 5.74) is 0.783. The molecule has 2 aromatic heterocycles. The van der Waals surface area contributed by atoms with Crippen molar-refractivity contribution in [1.29, 1.82) is 0 Å². The van der Waals surface area contributed by atoms with Crippen LogP contribution in [0.5, 0.6) is 5.88 Å². The third-order valence-electron chi connectivity index (χ3n) is 4.70. The molecule has 34 heavy (non-hydrogen) atoms. The van der Waals surface area contributed by atoms with Gasteiger partial charge in [0.05, 0.1) is 12.7 Å². The zero-order valence-corrected chi connectivity index (χ0v) is 20.9. The molecule has 2 heterocycles. The number of carbonyl (C=O) groups excluding carboxylic acids is 2. The van der Waals surface area contributed by atoms with E-state index in [1.165, 1.54) is 7.11 Å². The maximum atomic E-state index is 12.9. The van der Waals surface area contributed by atoms with Crippen LogP contribution in [0.3, 0.4) is 0 Å². The molecule has 0 spiro atoms. The van der Waals surface area contributed by atoms with Gasteiger partial charge in [-0.05, 0) is 65.2 Å². The van der Waals surface area contributed by atoms with Crippen LogP contribution in [-0.4, -0.2) is 54.8 Å². The van der Waals surface area contributed by atoms with Gasteiger partial charge in [0.15, 0.2) is 0 Å². The van der Waals surface area contributed by atoms with Crippen LogP contribution in [0.4, 0.5) is 22.2 Å². The van der Waals surface area contributed by atoms with Crippen LogP contribution in [0.1, 0.15) is 56.0 Å². The molecular formula is C24H36N6O4. The number of alkyl carbamates (subject to hydrolysis) is 1. The highest BCUT2D eigenvalue weighted by Gasteiger charge is 2.16. The summed E-state index contributed by atoms with van der Waals surface area (Å²) in [5, 5.41) is 11.8. The van der Waals surface area contributed by atoms with Crippen molar-refractivity contribution in [1.82, 2.24) is 15.3 Å². The Morgan fingerprint density at radius 1 is 0.971 bits per heavy atom. The lowest BCUT2D eigenvalue weighted by molar-refractivity contribution is 0.0527. The number of ether oxygens (including phenoxy) is 2. The minimum atomic E-state index is -0.505. The molecular weight excluding hydrogens is 436 g/mol. The molecule has 0 aliphatic heterocycles. The number of nitrogens with one attached hydrogen (secondary N) is 4. The smallest absolute Gasteiger partial charge is 0.407 e. The zero-order valence-electron chi connectivity index (χ0n) is 20.9. The molecule has 0 bridgehead atoms. The number of pyridine rings is 2. The Morgan fingerprint density at radius 3 is 2.35 bits per heavy atom. The number of hydrogen-bond donors (Lipinski definition) is 4. The monoisotopic (exact) mass is 472 g/mol. The third kappa shape index (κ3) is 8.76. The van der Waals surface area contributed by atoms with Crippen LogP contribution in [0.15, 0.2) is 24.3 Å². The molecule has 4 N–H and O–H groups in total. The first-order valence-electron chi connectivity index (χ1n) is 11.4. The molecule has 0 aliphatic carbocycles. The average Bonchev–Trinajstić information content (AvgIpc) is 2.78. The van der Waals surface area contributed by atoms with Crippen LogP contribution >= 0.6 is 0 Å². The number of amides is 2. The van der Waals surface area contributed by atoms with Crippen molar-refractivity contribution in [3.8, 4) is 5.88 Å². The van der Waals surface area contributed by atoms with Gasteiger partial charge in [0.25, 0.3) is 5.91 Å². The summed E-state index contributed by atoms with van der Waals surface area (Å²) in [6.45, 7) is 8.55. The number of carbonyl (C=O) groups is 2. The van der Waals surface area contributed by atoms with E-state index in [-0.39, 0.29) is 5.91 Å². The Labute approximate surface area is 201 Å². The Balaban J connectivity index is 1.89. The highest BCUT2D eigenvalue weighted by molar-refractivity contribution is 6.07. The fraction of sp³-hybridized carbons (Fsp3) is 0.500. The molecule has 2 aromatic rings. The Morgan fingerprint density at radius 2 is 1.68 bits per heavy atom. The van der Waals surface area contributed by atoms with Gasteiger partial charge in [0, 0.05) is 25.7 Å². The number of nitrogens with zero attached hydrogens (tertiary/aromatic N) is 2. The van der Waals surface area contributed by atoms with Crippen molar-refractivity contribution in [2.75, 3.05) is 43.2 Å². The SMILES string of the molecule is CNc1ccc(C(=O)Nc2ccc(C)c(OC)n2)c(NCCCCCNC(=O)OC(C)(C)C)n1. The summed E-state index contributed by atoms with van der Waals surface area (Å²) < 4.78 is 10.4. The Hall–Kier alpha value is -3.56. The lowest BCUT2D eigenvalue weighted by atomic mass is 10.2. The van der Waals surface area contributed by atoms with E-state index in [9.17, 15) is 9.59 Å². The van der Waals surface area contributed by atoms with Crippen molar-refractivity contribution in [3.05, 3.63) is 35.4 Å². The number of aryl methyl sites for hydroxylation is 1. The van der Waals surface area contributed by atoms with E-state index in [2.05, 4.69) is 31.2 Å². The van der Waals surface area contributed by atoms with Crippen LogP contribution in [0.2, 0.25) is 0 Å². The summed E-state index contributed by atoms with van der Waals surface area (Å²) in [7, 11) is 3.31. The van der Waals surface area contributed by atoms with Crippen molar-refractivity contribution in [2.45, 2.75) is 52.6 Å². The minimum Gasteiger partial charge on any atom is -0.481 e. The van der Waals surface area contributed by atoms with E-state index in [1.807, 2.05) is 33.8 Å². The zero-order chi connectivity index (χ0) is 25.1. The molecule has 0 radical (unpaired) electrons. The number of aromatic nitrogens is 2. The summed E-state index contributed by atoms with van der Waals surface area (Å²) in [4.78, 5) is 33.4. The molecule has 0 atom stereocenters. The molecule has 186 valence electrons. The number of unbranched alkanes of at least 4 members (excludes halogenated alkanes) is 2.